The van der Waals surface area contributed by atoms with Crippen molar-refractivity contribution >= 4 is 16.5 Å². The Labute approximate surface area is 90.9 Å². The maximum Gasteiger partial charge on any atom is 0.0396 e. The molecule has 0 atom stereocenters. The van der Waals surface area contributed by atoms with Gasteiger partial charge in [-0.3, -0.25) is 0 Å². The van der Waals surface area contributed by atoms with Crippen LogP contribution in [-0.2, 0) is 12.8 Å². The van der Waals surface area contributed by atoms with E-state index in [-0.39, 0.29) is 0 Å². The van der Waals surface area contributed by atoms with Gasteiger partial charge < -0.3 is 5.73 Å². The number of aryl methyl sites for hydroxylation is 2. The van der Waals surface area contributed by atoms with Crippen LogP contribution in [0.3, 0.4) is 0 Å². The summed E-state index contributed by atoms with van der Waals surface area (Å²) < 4.78 is 0. The molecular formula is C14H17N. The van der Waals surface area contributed by atoms with Crippen LogP contribution in [0.4, 0.5) is 5.69 Å². The fourth-order valence-electron chi connectivity index (χ4n) is 2.18. The van der Waals surface area contributed by atoms with E-state index in [0.717, 1.165) is 18.5 Å². The Hall–Kier alpha value is -1.50. The van der Waals surface area contributed by atoms with Gasteiger partial charge in [0.05, 0.1) is 0 Å². The molecule has 0 aliphatic rings. The van der Waals surface area contributed by atoms with E-state index < -0.39 is 0 Å². The van der Waals surface area contributed by atoms with Crippen LogP contribution in [0.15, 0.2) is 30.3 Å². The van der Waals surface area contributed by atoms with Gasteiger partial charge in [0.15, 0.2) is 0 Å². The summed E-state index contributed by atoms with van der Waals surface area (Å²) in [7, 11) is 0. The van der Waals surface area contributed by atoms with Crippen molar-refractivity contribution in [1.29, 1.82) is 0 Å². The number of nitrogens with two attached hydrogens (primary N) is 1. The van der Waals surface area contributed by atoms with Gasteiger partial charge >= 0.3 is 0 Å². The Kier molecular flexibility index (Phi) is 2.63. The van der Waals surface area contributed by atoms with Gasteiger partial charge in [-0.2, -0.15) is 0 Å². The minimum Gasteiger partial charge on any atom is -0.398 e. The van der Waals surface area contributed by atoms with Gasteiger partial charge in [-0.05, 0) is 35.4 Å². The lowest BCUT2D eigenvalue weighted by Gasteiger charge is -2.10. The zero-order valence-corrected chi connectivity index (χ0v) is 9.38. The Morgan fingerprint density at radius 2 is 1.67 bits per heavy atom. The zero-order valence-electron chi connectivity index (χ0n) is 9.38. The Morgan fingerprint density at radius 3 is 2.33 bits per heavy atom. The average Bonchev–Trinajstić information content (AvgIpc) is 2.29. The standard InChI is InChI=1S/C14H17N/c1-3-10-8-9-13(15)14-11(4-2)6-5-7-12(10)14/h5-9H,3-4,15H2,1-2H3. The van der Waals surface area contributed by atoms with Crippen LogP contribution in [0.25, 0.3) is 10.8 Å². The first-order chi connectivity index (χ1) is 7.27. The Bertz CT molecular complexity index is 486. The molecule has 0 saturated heterocycles. The summed E-state index contributed by atoms with van der Waals surface area (Å²) in [5.41, 5.74) is 9.69. The average molecular weight is 199 g/mol. The van der Waals surface area contributed by atoms with Gasteiger partial charge in [0, 0.05) is 11.1 Å². The third kappa shape index (κ3) is 1.58. The summed E-state index contributed by atoms with van der Waals surface area (Å²) in [6.45, 7) is 4.36. The SMILES string of the molecule is CCc1ccc(N)c2c(CC)cccc12. The number of benzene rings is 2. The largest absolute Gasteiger partial charge is 0.398 e. The molecule has 0 unspecified atom stereocenters. The molecule has 0 saturated carbocycles. The van der Waals surface area contributed by atoms with Gasteiger partial charge in [-0.15, -0.1) is 0 Å². The quantitative estimate of drug-likeness (QED) is 0.735. The van der Waals surface area contributed by atoms with Crippen LogP contribution in [0.2, 0.25) is 0 Å². The van der Waals surface area contributed by atoms with Crippen LogP contribution < -0.4 is 5.73 Å². The molecule has 0 amide bonds. The molecule has 1 nitrogen and oxygen atoms in total. The molecule has 1 heteroatoms. The number of fused-ring (bicyclic) bond motifs is 1. The third-order valence-corrected chi connectivity index (χ3v) is 3.01. The van der Waals surface area contributed by atoms with Crippen molar-refractivity contribution in [2.75, 3.05) is 5.73 Å². The lowest BCUT2D eigenvalue weighted by atomic mass is 9.96. The Balaban J connectivity index is 2.86. The number of anilines is 1. The predicted octanol–water partition coefficient (Wildman–Crippen LogP) is 3.55. The fourth-order valence-corrected chi connectivity index (χ4v) is 2.18. The molecular weight excluding hydrogens is 182 g/mol. The predicted molar refractivity (Wildman–Crippen MR) is 67.1 cm³/mol. The van der Waals surface area contributed by atoms with E-state index in [1.165, 1.54) is 21.9 Å². The topological polar surface area (TPSA) is 26.0 Å². The normalized spacial score (nSPS) is 10.8. The molecule has 2 rings (SSSR count). The van der Waals surface area contributed by atoms with Crippen molar-refractivity contribution in [3.63, 3.8) is 0 Å². The smallest absolute Gasteiger partial charge is 0.0396 e. The second-order valence-corrected chi connectivity index (χ2v) is 3.86. The summed E-state index contributed by atoms with van der Waals surface area (Å²) >= 11 is 0. The molecule has 2 aromatic carbocycles. The highest BCUT2D eigenvalue weighted by atomic mass is 14.6. The molecule has 0 heterocycles. The molecule has 78 valence electrons. The molecule has 0 bridgehead atoms. The van der Waals surface area contributed by atoms with Crippen molar-refractivity contribution in [2.24, 2.45) is 0 Å². The van der Waals surface area contributed by atoms with E-state index in [1.54, 1.807) is 0 Å². The van der Waals surface area contributed by atoms with Gasteiger partial charge in [0.25, 0.3) is 0 Å². The maximum atomic E-state index is 6.06. The van der Waals surface area contributed by atoms with Crippen LogP contribution in [0.1, 0.15) is 25.0 Å². The van der Waals surface area contributed by atoms with Gasteiger partial charge in [0.1, 0.15) is 0 Å². The van der Waals surface area contributed by atoms with E-state index in [2.05, 4.69) is 38.1 Å². The first-order valence-electron chi connectivity index (χ1n) is 5.56. The molecule has 0 aliphatic heterocycles. The highest BCUT2D eigenvalue weighted by Gasteiger charge is 2.05. The van der Waals surface area contributed by atoms with Crippen LogP contribution in [0, 0.1) is 0 Å². The van der Waals surface area contributed by atoms with Crippen LogP contribution in [0.5, 0.6) is 0 Å². The first kappa shape index (κ1) is 10.0. The molecule has 2 aromatic rings. The molecule has 0 fully saturated rings. The van der Waals surface area contributed by atoms with E-state index in [9.17, 15) is 0 Å². The highest BCUT2D eigenvalue weighted by molar-refractivity contribution is 5.97. The first-order valence-corrected chi connectivity index (χ1v) is 5.56. The summed E-state index contributed by atoms with van der Waals surface area (Å²) in [6.07, 6.45) is 2.10. The third-order valence-electron chi connectivity index (χ3n) is 3.01. The summed E-state index contributed by atoms with van der Waals surface area (Å²) in [4.78, 5) is 0. The summed E-state index contributed by atoms with van der Waals surface area (Å²) in [6, 6.07) is 10.6. The van der Waals surface area contributed by atoms with Crippen molar-refractivity contribution in [1.82, 2.24) is 0 Å². The number of hydrogen-bond acceptors (Lipinski definition) is 1. The van der Waals surface area contributed by atoms with Crippen molar-refractivity contribution < 1.29 is 0 Å². The van der Waals surface area contributed by atoms with E-state index in [1.807, 2.05) is 6.07 Å². The monoisotopic (exact) mass is 199 g/mol. The Morgan fingerprint density at radius 1 is 0.933 bits per heavy atom. The lowest BCUT2D eigenvalue weighted by Crippen LogP contribution is -1.94. The molecule has 2 N–H and O–H groups in total. The van der Waals surface area contributed by atoms with Crippen LogP contribution >= 0.6 is 0 Å². The summed E-state index contributed by atoms with van der Waals surface area (Å²) in [5, 5.41) is 2.57. The van der Waals surface area contributed by atoms with E-state index in [4.69, 9.17) is 5.73 Å². The number of hydrogen-bond donors (Lipinski definition) is 1. The van der Waals surface area contributed by atoms with Crippen molar-refractivity contribution in [3.8, 4) is 0 Å². The van der Waals surface area contributed by atoms with Gasteiger partial charge in [-0.1, -0.05) is 38.1 Å². The van der Waals surface area contributed by atoms with E-state index in [0.29, 0.717) is 0 Å². The van der Waals surface area contributed by atoms with Crippen LogP contribution in [-0.4, -0.2) is 0 Å². The molecule has 15 heavy (non-hydrogen) atoms. The van der Waals surface area contributed by atoms with Crippen molar-refractivity contribution in [2.45, 2.75) is 26.7 Å². The molecule has 0 aromatic heterocycles. The van der Waals surface area contributed by atoms with Crippen molar-refractivity contribution in [3.05, 3.63) is 41.5 Å². The summed E-state index contributed by atoms with van der Waals surface area (Å²) in [5.74, 6) is 0. The number of rotatable bonds is 2. The van der Waals surface area contributed by atoms with E-state index >= 15 is 0 Å². The zero-order chi connectivity index (χ0) is 10.8. The maximum absolute atomic E-state index is 6.06. The molecule has 0 aliphatic carbocycles. The number of nitrogen functional groups attached to an aromatic ring is 1. The lowest BCUT2D eigenvalue weighted by molar-refractivity contribution is 1.14. The minimum absolute atomic E-state index is 0.902. The second-order valence-electron chi connectivity index (χ2n) is 3.86. The highest BCUT2D eigenvalue weighted by Crippen LogP contribution is 2.28. The minimum atomic E-state index is 0.902. The van der Waals surface area contributed by atoms with Gasteiger partial charge in [-0.25, -0.2) is 0 Å². The molecule has 0 spiro atoms. The molecule has 0 radical (unpaired) electrons. The fraction of sp³-hybridized carbons (Fsp3) is 0.286. The second kappa shape index (κ2) is 3.93. The van der Waals surface area contributed by atoms with Gasteiger partial charge in [0.2, 0.25) is 0 Å².